The number of hydrogen-bond donors (Lipinski definition) is 0. The number of benzene rings is 3. The summed E-state index contributed by atoms with van der Waals surface area (Å²) in [4.78, 5) is 36.6. The maximum atomic E-state index is 13.7. The van der Waals surface area contributed by atoms with Crippen LogP contribution in [0.25, 0.3) is 11.0 Å². The van der Waals surface area contributed by atoms with Gasteiger partial charge in [0.05, 0.1) is 35.7 Å². The summed E-state index contributed by atoms with van der Waals surface area (Å²) in [6.45, 7) is 2.18. The van der Waals surface area contributed by atoms with E-state index in [4.69, 9.17) is 9.72 Å². The van der Waals surface area contributed by atoms with Gasteiger partial charge in [0.25, 0.3) is 5.91 Å². The fourth-order valence-electron chi connectivity index (χ4n) is 5.08. The number of aryl methyl sites for hydroxylation is 1. The molecule has 5 rings (SSSR count). The molecular weight excluding hydrogens is 526 g/mol. The Labute approximate surface area is 244 Å². The maximum Gasteiger partial charge on any atom is 0.307 e. The van der Waals surface area contributed by atoms with Gasteiger partial charge in [-0.15, -0.1) is 0 Å². The molecule has 5 aromatic rings. The van der Waals surface area contributed by atoms with Crippen molar-refractivity contribution in [3.8, 4) is 6.07 Å². The van der Waals surface area contributed by atoms with Gasteiger partial charge in [-0.3, -0.25) is 14.5 Å². The van der Waals surface area contributed by atoms with Crippen LogP contribution in [-0.2, 0) is 23.0 Å². The molecule has 0 saturated carbocycles. The van der Waals surface area contributed by atoms with E-state index in [1.807, 2.05) is 55.6 Å². The number of anilines is 1. The minimum absolute atomic E-state index is 0.0260. The summed E-state index contributed by atoms with van der Waals surface area (Å²) in [5.74, 6) is 0.717. The number of fused-ring (bicyclic) bond motifs is 1. The van der Waals surface area contributed by atoms with E-state index < -0.39 is 0 Å². The minimum atomic E-state index is -0.369. The molecule has 42 heavy (non-hydrogen) atoms. The molecule has 1 unspecified atom stereocenters. The predicted octanol–water partition coefficient (Wildman–Crippen LogP) is 5.81. The molecule has 210 valence electrons. The number of rotatable bonds is 10. The van der Waals surface area contributed by atoms with Gasteiger partial charge in [-0.25, -0.2) is 9.97 Å². The Hall–Kier alpha value is -5.29. The first-order valence-corrected chi connectivity index (χ1v) is 13.9. The largest absolute Gasteiger partial charge is 0.466 e. The van der Waals surface area contributed by atoms with Crippen LogP contribution in [0.5, 0.6) is 0 Å². The zero-order valence-electron chi connectivity index (χ0n) is 23.6. The Morgan fingerprint density at radius 2 is 1.71 bits per heavy atom. The van der Waals surface area contributed by atoms with E-state index in [9.17, 15) is 14.9 Å². The molecule has 1 amide bonds. The lowest BCUT2D eigenvalue weighted by atomic mass is 9.88. The molecular formula is C34H31N5O3. The Kier molecular flexibility index (Phi) is 8.69. The quantitative estimate of drug-likeness (QED) is 0.201. The van der Waals surface area contributed by atoms with Crippen molar-refractivity contribution in [2.45, 2.75) is 25.7 Å². The summed E-state index contributed by atoms with van der Waals surface area (Å²) in [6, 6.07) is 30.9. The van der Waals surface area contributed by atoms with Crippen molar-refractivity contribution >= 4 is 28.7 Å². The van der Waals surface area contributed by atoms with E-state index in [0.29, 0.717) is 28.9 Å². The van der Waals surface area contributed by atoms with Crippen molar-refractivity contribution < 1.29 is 14.3 Å². The lowest BCUT2D eigenvalue weighted by molar-refractivity contribution is -0.142. The Balaban J connectivity index is 1.46. The number of nitriles is 1. The lowest BCUT2D eigenvalue weighted by Gasteiger charge is -2.21. The van der Waals surface area contributed by atoms with Crippen molar-refractivity contribution in [2.75, 3.05) is 18.1 Å². The number of nitrogens with zero attached hydrogens (tertiary/aromatic N) is 5. The number of carbonyl (C=O) groups is 2. The smallest absolute Gasteiger partial charge is 0.307 e. The zero-order valence-corrected chi connectivity index (χ0v) is 23.6. The number of amides is 1. The monoisotopic (exact) mass is 557 g/mol. The molecule has 0 aliphatic carbocycles. The van der Waals surface area contributed by atoms with Crippen molar-refractivity contribution in [2.24, 2.45) is 7.05 Å². The Bertz CT molecular complexity index is 1720. The van der Waals surface area contributed by atoms with Gasteiger partial charge in [-0.2, -0.15) is 5.26 Å². The third-order valence-corrected chi connectivity index (χ3v) is 7.27. The standard InChI is InChI=1S/C34H31N5O3/c1-3-42-33(40)18-20-39(31-11-7-8-19-36-31)34(41)27-16-17-30-29(21-27)37-32(38(30)2)22-28(25-9-5-4-6-10-25)26-14-12-24(23-35)13-15-26/h4-17,19,21,28H,3,18,20,22H2,1-2H3. The summed E-state index contributed by atoms with van der Waals surface area (Å²) in [5, 5.41) is 9.26. The molecule has 1 atom stereocenters. The molecule has 3 aromatic carbocycles. The Morgan fingerprint density at radius 3 is 2.40 bits per heavy atom. The number of hydrogen-bond acceptors (Lipinski definition) is 6. The number of esters is 1. The summed E-state index contributed by atoms with van der Waals surface area (Å²) in [6.07, 6.45) is 2.30. The summed E-state index contributed by atoms with van der Waals surface area (Å²) in [5.41, 5.74) is 4.93. The SMILES string of the molecule is CCOC(=O)CCN(C(=O)c1ccc2c(c1)nc(CC(c1ccccc1)c1ccc(C#N)cc1)n2C)c1ccccn1. The van der Waals surface area contributed by atoms with Crippen molar-refractivity contribution in [1.82, 2.24) is 14.5 Å². The molecule has 0 saturated heterocycles. The molecule has 2 heterocycles. The average Bonchev–Trinajstić information content (AvgIpc) is 3.35. The predicted molar refractivity (Wildman–Crippen MR) is 161 cm³/mol. The fraction of sp³-hybridized carbons (Fsp3) is 0.206. The van der Waals surface area contributed by atoms with Gasteiger partial charge in [0.1, 0.15) is 11.6 Å². The van der Waals surface area contributed by atoms with Crippen LogP contribution in [0.2, 0.25) is 0 Å². The molecule has 2 aromatic heterocycles. The van der Waals surface area contributed by atoms with E-state index in [0.717, 1.165) is 22.5 Å². The third kappa shape index (κ3) is 6.21. The topological polar surface area (TPSA) is 101 Å². The minimum Gasteiger partial charge on any atom is -0.466 e. The second kappa shape index (κ2) is 12.9. The average molecular weight is 558 g/mol. The number of ether oxygens (including phenoxy) is 1. The van der Waals surface area contributed by atoms with Crippen molar-refractivity contribution in [3.05, 3.63) is 125 Å². The van der Waals surface area contributed by atoms with Crippen LogP contribution in [0.15, 0.2) is 97.2 Å². The fourth-order valence-corrected chi connectivity index (χ4v) is 5.08. The highest BCUT2D eigenvalue weighted by Gasteiger charge is 2.23. The van der Waals surface area contributed by atoms with Crippen LogP contribution in [0.1, 0.15) is 52.1 Å². The molecule has 8 heteroatoms. The summed E-state index contributed by atoms with van der Waals surface area (Å²) < 4.78 is 7.13. The first kappa shape index (κ1) is 28.2. The highest BCUT2D eigenvalue weighted by molar-refractivity contribution is 6.07. The number of aromatic nitrogens is 3. The molecule has 0 N–H and O–H groups in total. The highest BCUT2D eigenvalue weighted by Crippen LogP contribution is 2.30. The van der Waals surface area contributed by atoms with E-state index in [1.165, 1.54) is 4.90 Å². The van der Waals surface area contributed by atoms with E-state index in [-0.39, 0.29) is 37.4 Å². The first-order chi connectivity index (χ1) is 20.5. The molecule has 0 radical (unpaired) electrons. The van der Waals surface area contributed by atoms with Gasteiger partial charge in [0.15, 0.2) is 0 Å². The van der Waals surface area contributed by atoms with Crippen LogP contribution >= 0.6 is 0 Å². The van der Waals surface area contributed by atoms with E-state index in [2.05, 4.69) is 27.8 Å². The Morgan fingerprint density at radius 1 is 0.976 bits per heavy atom. The molecule has 0 aliphatic heterocycles. The zero-order chi connectivity index (χ0) is 29.5. The lowest BCUT2D eigenvalue weighted by Crippen LogP contribution is -2.34. The molecule has 0 spiro atoms. The summed E-state index contributed by atoms with van der Waals surface area (Å²) in [7, 11) is 1.98. The van der Waals surface area contributed by atoms with Gasteiger partial charge in [0, 0.05) is 37.7 Å². The second-order valence-electron chi connectivity index (χ2n) is 9.89. The maximum absolute atomic E-state index is 13.7. The van der Waals surface area contributed by atoms with Crippen molar-refractivity contribution in [1.29, 1.82) is 5.26 Å². The second-order valence-corrected chi connectivity index (χ2v) is 9.89. The van der Waals surface area contributed by atoms with Crippen LogP contribution in [0.3, 0.4) is 0 Å². The number of imidazole rings is 1. The van der Waals surface area contributed by atoms with Crippen LogP contribution in [0.4, 0.5) is 5.82 Å². The van der Waals surface area contributed by atoms with E-state index in [1.54, 1.807) is 43.5 Å². The van der Waals surface area contributed by atoms with Crippen molar-refractivity contribution in [3.63, 3.8) is 0 Å². The number of pyridine rings is 1. The van der Waals surface area contributed by atoms with Gasteiger partial charge >= 0.3 is 5.97 Å². The third-order valence-electron chi connectivity index (χ3n) is 7.27. The van der Waals surface area contributed by atoms with Crippen LogP contribution < -0.4 is 4.90 Å². The van der Waals surface area contributed by atoms with Crippen LogP contribution in [-0.4, -0.2) is 39.6 Å². The van der Waals surface area contributed by atoms with Gasteiger partial charge in [-0.05, 0) is 60.5 Å². The molecule has 8 nitrogen and oxygen atoms in total. The first-order valence-electron chi connectivity index (χ1n) is 13.9. The molecule has 0 fully saturated rings. The molecule has 0 bridgehead atoms. The summed E-state index contributed by atoms with van der Waals surface area (Å²) >= 11 is 0. The molecule has 0 aliphatic rings. The van der Waals surface area contributed by atoms with Gasteiger partial charge in [-0.1, -0.05) is 48.5 Å². The number of carbonyl (C=O) groups excluding carboxylic acids is 2. The van der Waals surface area contributed by atoms with Crippen LogP contribution in [0, 0.1) is 11.3 Å². The van der Waals surface area contributed by atoms with Gasteiger partial charge in [0.2, 0.25) is 0 Å². The highest BCUT2D eigenvalue weighted by atomic mass is 16.5. The normalized spacial score (nSPS) is 11.5. The van der Waals surface area contributed by atoms with Gasteiger partial charge < -0.3 is 9.30 Å². The van der Waals surface area contributed by atoms with E-state index >= 15 is 0 Å².